The number of anilines is 1. The number of ketones is 1. The molecule has 1 aromatic heterocycles. The van der Waals surface area contributed by atoms with Crippen LogP contribution in [0.1, 0.15) is 66.6 Å². The Morgan fingerprint density at radius 3 is 2.45 bits per heavy atom. The van der Waals surface area contributed by atoms with Crippen LogP contribution in [-0.4, -0.2) is 29.8 Å². The van der Waals surface area contributed by atoms with Crippen molar-refractivity contribution < 1.29 is 9.59 Å². The summed E-state index contributed by atoms with van der Waals surface area (Å²) in [5, 5.41) is 2.89. The van der Waals surface area contributed by atoms with Crippen molar-refractivity contribution in [3.05, 3.63) is 58.8 Å². The first-order valence-corrected chi connectivity index (χ1v) is 10.7. The van der Waals surface area contributed by atoms with E-state index in [9.17, 15) is 9.59 Å². The van der Waals surface area contributed by atoms with Gasteiger partial charge in [0.1, 0.15) is 5.82 Å². The van der Waals surface area contributed by atoms with Crippen LogP contribution in [0.4, 0.5) is 5.82 Å². The van der Waals surface area contributed by atoms with Crippen molar-refractivity contribution in [2.24, 2.45) is 0 Å². The van der Waals surface area contributed by atoms with Gasteiger partial charge in [-0.05, 0) is 68.4 Å². The highest BCUT2D eigenvalue weighted by Gasteiger charge is 2.14. The molecule has 0 atom stereocenters. The first-order chi connectivity index (χ1) is 14.1. The van der Waals surface area contributed by atoms with Crippen LogP contribution in [0.3, 0.4) is 0 Å². The molecule has 5 heteroatoms. The standard InChI is InChI=1S/C24H31N3O2/c1-3-27(4-2)23-13-9-18(16-25-23)17-26-24(29)14-12-22(28)21-11-10-19-7-5-6-8-20(19)15-21/h9-11,13,15-16H,3-8,12,14,17H2,1-2H3,(H,26,29). The van der Waals surface area contributed by atoms with E-state index in [1.165, 1.54) is 24.0 Å². The largest absolute Gasteiger partial charge is 0.357 e. The van der Waals surface area contributed by atoms with Gasteiger partial charge >= 0.3 is 0 Å². The lowest BCUT2D eigenvalue weighted by molar-refractivity contribution is -0.121. The van der Waals surface area contributed by atoms with Crippen LogP contribution in [0.5, 0.6) is 0 Å². The minimum atomic E-state index is -0.107. The van der Waals surface area contributed by atoms with Gasteiger partial charge in [0.15, 0.2) is 5.78 Å². The number of carbonyl (C=O) groups is 2. The number of benzene rings is 1. The number of nitrogens with zero attached hydrogens (tertiary/aromatic N) is 2. The van der Waals surface area contributed by atoms with Crippen LogP contribution in [0.2, 0.25) is 0 Å². The van der Waals surface area contributed by atoms with Crippen LogP contribution in [0, 0.1) is 0 Å². The molecule has 0 saturated carbocycles. The Morgan fingerprint density at radius 2 is 1.76 bits per heavy atom. The highest BCUT2D eigenvalue weighted by atomic mass is 16.2. The van der Waals surface area contributed by atoms with Gasteiger partial charge in [0.05, 0.1) is 0 Å². The molecule has 154 valence electrons. The molecule has 0 aliphatic heterocycles. The number of fused-ring (bicyclic) bond motifs is 1. The summed E-state index contributed by atoms with van der Waals surface area (Å²) in [6.07, 6.45) is 6.83. The van der Waals surface area contributed by atoms with Gasteiger partial charge in [0.2, 0.25) is 5.91 Å². The number of hydrogen-bond donors (Lipinski definition) is 1. The molecule has 0 unspecified atom stereocenters. The quantitative estimate of drug-likeness (QED) is 0.652. The summed E-state index contributed by atoms with van der Waals surface area (Å²) in [5.41, 5.74) is 4.35. The Kier molecular flexibility index (Phi) is 7.39. The summed E-state index contributed by atoms with van der Waals surface area (Å²) in [6.45, 7) is 6.46. The van der Waals surface area contributed by atoms with E-state index in [0.29, 0.717) is 6.54 Å². The lowest BCUT2D eigenvalue weighted by Gasteiger charge is -2.19. The average molecular weight is 394 g/mol. The molecule has 0 spiro atoms. The lowest BCUT2D eigenvalue weighted by Crippen LogP contribution is -2.24. The third-order valence-electron chi connectivity index (χ3n) is 5.64. The van der Waals surface area contributed by atoms with E-state index < -0.39 is 0 Å². The van der Waals surface area contributed by atoms with Crippen molar-refractivity contribution in [3.8, 4) is 0 Å². The van der Waals surface area contributed by atoms with Crippen LogP contribution < -0.4 is 10.2 Å². The highest BCUT2D eigenvalue weighted by Crippen LogP contribution is 2.23. The number of amides is 1. The second-order valence-corrected chi connectivity index (χ2v) is 7.59. The minimum absolute atomic E-state index is 0.0405. The smallest absolute Gasteiger partial charge is 0.220 e. The number of carbonyl (C=O) groups excluding carboxylic acids is 2. The van der Waals surface area contributed by atoms with Crippen LogP contribution in [-0.2, 0) is 24.2 Å². The van der Waals surface area contributed by atoms with Gasteiger partial charge in [-0.3, -0.25) is 9.59 Å². The fourth-order valence-electron chi connectivity index (χ4n) is 3.82. The zero-order valence-corrected chi connectivity index (χ0v) is 17.5. The first kappa shape index (κ1) is 21.0. The zero-order valence-electron chi connectivity index (χ0n) is 17.5. The third-order valence-corrected chi connectivity index (χ3v) is 5.64. The fraction of sp³-hybridized carbons (Fsp3) is 0.458. The summed E-state index contributed by atoms with van der Waals surface area (Å²) in [4.78, 5) is 31.3. The van der Waals surface area contributed by atoms with Crippen molar-refractivity contribution >= 4 is 17.5 Å². The molecular formula is C24H31N3O2. The van der Waals surface area contributed by atoms with Gasteiger partial charge in [-0.2, -0.15) is 0 Å². The van der Waals surface area contributed by atoms with Gasteiger partial charge in [0.25, 0.3) is 0 Å². The number of Topliss-reactive ketones (excluding diaryl/α,β-unsaturated/α-hetero) is 1. The molecule has 0 radical (unpaired) electrons. The molecule has 1 heterocycles. The van der Waals surface area contributed by atoms with Crippen LogP contribution >= 0.6 is 0 Å². The Bertz CT molecular complexity index is 842. The molecule has 1 N–H and O–H groups in total. The second kappa shape index (κ2) is 10.2. The SMILES string of the molecule is CCN(CC)c1ccc(CNC(=O)CCC(=O)c2ccc3c(c2)CCCC3)cn1. The normalized spacial score (nSPS) is 12.9. The van der Waals surface area contributed by atoms with Crippen LogP contribution in [0.25, 0.3) is 0 Å². The first-order valence-electron chi connectivity index (χ1n) is 10.7. The number of aryl methyl sites for hydroxylation is 2. The van der Waals surface area contributed by atoms with Crippen molar-refractivity contribution in [1.29, 1.82) is 0 Å². The maximum Gasteiger partial charge on any atom is 0.220 e. The molecule has 0 fully saturated rings. The maximum atomic E-state index is 12.5. The topological polar surface area (TPSA) is 62.3 Å². The van der Waals surface area contributed by atoms with E-state index in [1.54, 1.807) is 6.20 Å². The number of aromatic nitrogens is 1. The minimum Gasteiger partial charge on any atom is -0.357 e. The Labute approximate surface area is 173 Å². The summed E-state index contributed by atoms with van der Waals surface area (Å²) < 4.78 is 0. The number of rotatable bonds is 9. The maximum absolute atomic E-state index is 12.5. The molecule has 1 amide bonds. The molecular weight excluding hydrogens is 362 g/mol. The van der Waals surface area contributed by atoms with Crippen molar-refractivity contribution in [2.45, 2.75) is 58.9 Å². The van der Waals surface area contributed by atoms with Gasteiger partial charge in [0, 0.05) is 44.2 Å². The molecule has 1 aromatic carbocycles. The second-order valence-electron chi connectivity index (χ2n) is 7.59. The third kappa shape index (κ3) is 5.66. The van der Waals surface area contributed by atoms with E-state index in [1.807, 2.05) is 24.3 Å². The summed E-state index contributed by atoms with van der Waals surface area (Å²) in [5.74, 6) is 0.878. The summed E-state index contributed by atoms with van der Waals surface area (Å²) in [7, 11) is 0. The number of nitrogens with one attached hydrogen (secondary N) is 1. The van der Waals surface area contributed by atoms with E-state index in [2.05, 4.69) is 35.1 Å². The Morgan fingerprint density at radius 1 is 1.00 bits per heavy atom. The summed E-state index contributed by atoms with van der Waals surface area (Å²) >= 11 is 0. The van der Waals surface area contributed by atoms with Gasteiger partial charge in [-0.25, -0.2) is 4.98 Å². The predicted molar refractivity (Wildman–Crippen MR) is 116 cm³/mol. The molecule has 5 nitrogen and oxygen atoms in total. The zero-order chi connectivity index (χ0) is 20.6. The molecule has 29 heavy (non-hydrogen) atoms. The monoisotopic (exact) mass is 393 g/mol. The van der Waals surface area contributed by atoms with Crippen LogP contribution in [0.15, 0.2) is 36.5 Å². The van der Waals surface area contributed by atoms with Gasteiger partial charge in [-0.1, -0.05) is 18.2 Å². The van der Waals surface area contributed by atoms with E-state index >= 15 is 0 Å². The van der Waals surface area contributed by atoms with Gasteiger partial charge < -0.3 is 10.2 Å². The Hall–Kier alpha value is -2.69. The number of hydrogen-bond acceptors (Lipinski definition) is 4. The fourth-order valence-corrected chi connectivity index (χ4v) is 3.82. The van der Waals surface area contributed by atoms with Crippen molar-refractivity contribution in [3.63, 3.8) is 0 Å². The molecule has 0 saturated heterocycles. The number of pyridine rings is 1. The van der Waals surface area contributed by atoms with Crippen molar-refractivity contribution in [1.82, 2.24) is 10.3 Å². The van der Waals surface area contributed by atoms with Crippen molar-refractivity contribution in [2.75, 3.05) is 18.0 Å². The molecule has 1 aliphatic rings. The summed E-state index contributed by atoms with van der Waals surface area (Å²) in [6, 6.07) is 9.98. The average Bonchev–Trinajstić information content (AvgIpc) is 2.77. The molecule has 3 rings (SSSR count). The predicted octanol–water partition coefficient (Wildman–Crippen LogP) is 4.09. The van der Waals surface area contributed by atoms with E-state index in [-0.39, 0.29) is 24.5 Å². The van der Waals surface area contributed by atoms with Gasteiger partial charge in [-0.15, -0.1) is 0 Å². The molecule has 1 aliphatic carbocycles. The Balaban J connectivity index is 1.45. The van der Waals surface area contributed by atoms with E-state index in [4.69, 9.17) is 0 Å². The highest BCUT2D eigenvalue weighted by molar-refractivity contribution is 5.98. The molecule has 0 bridgehead atoms. The lowest BCUT2D eigenvalue weighted by atomic mass is 9.89. The molecule has 2 aromatic rings. The van der Waals surface area contributed by atoms with E-state index in [0.717, 1.165) is 42.9 Å².